The summed E-state index contributed by atoms with van der Waals surface area (Å²) in [5, 5.41) is 24.2. The molecule has 0 atom stereocenters. The fourth-order valence-corrected chi connectivity index (χ4v) is 3.73. The largest absolute Gasteiger partial charge is 0.353 e. The van der Waals surface area contributed by atoms with Crippen molar-refractivity contribution >= 4 is 33.2 Å². The Labute approximate surface area is 174 Å². The van der Waals surface area contributed by atoms with Crippen molar-refractivity contribution in [1.29, 1.82) is 0 Å². The van der Waals surface area contributed by atoms with Crippen molar-refractivity contribution in [3.8, 4) is 22.5 Å². The van der Waals surface area contributed by atoms with Crippen LogP contribution in [-0.2, 0) is 0 Å². The van der Waals surface area contributed by atoms with E-state index in [9.17, 15) is 20.2 Å². The lowest BCUT2D eigenvalue weighted by Crippen LogP contribution is -1.91. The summed E-state index contributed by atoms with van der Waals surface area (Å²) in [5.74, 6) is 0. The quantitative estimate of drug-likeness (QED) is 0.317. The van der Waals surface area contributed by atoms with Crippen LogP contribution in [-0.4, -0.2) is 24.8 Å². The first-order chi connectivity index (χ1) is 15.0. The Bertz CT molecular complexity index is 1370. The predicted molar refractivity (Wildman–Crippen MR) is 116 cm³/mol. The maximum atomic E-state index is 11.6. The molecule has 3 heterocycles. The second-order valence-corrected chi connectivity index (χ2v) is 6.90. The first-order valence-electron chi connectivity index (χ1n) is 9.28. The molecule has 0 aliphatic carbocycles. The molecular formula is C22H13N5O4. The van der Waals surface area contributed by atoms with Gasteiger partial charge in [-0.2, -0.15) is 0 Å². The van der Waals surface area contributed by atoms with E-state index in [4.69, 9.17) is 0 Å². The minimum Gasteiger partial charge on any atom is -0.353 e. The molecule has 31 heavy (non-hydrogen) atoms. The van der Waals surface area contributed by atoms with E-state index in [0.717, 1.165) is 0 Å². The Kier molecular flexibility index (Phi) is 4.14. The van der Waals surface area contributed by atoms with Gasteiger partial charge in [0.2, 0.25) is 0 Å². The minimum atomic E-state index is -0.484. The van der Waals surface area contributed by atoms with Crippen molar-refractivity contribution in [3.63, 3.8) is 0 Å². The molecule has 3 aromatic heterocycles. The van der Waals surface area contributed by atoms with Crippen molar-refractivity contribution in [2.75, 3.05) is 0 Å². The zero-order valence-electron chi connectivity index (χ0n) is 15.9. The zero-order chi connectivity index (χ0) is 21.5. The van der Waals surface area contributed by atoms with Crippen LogP contribution in [0.25, 0.3) is 44.3 Å². The molecule has 9 heteroatoms. The van der Waals surface area contributed by atoms with Crippen LogP contribution in [0.2, 0.25) is 0 Å². The van der Waals surface area contributed by atoms with E-state index in [1.54, 1.807) is 48.8 Å². The number of nitrogens with one attached hydrogen (secondary N) is 1. The molecular weight excluding hydrogens is 398 g/mol. The Balaban J connectivity index is 1.95. The van der Waals surface area contributed by atoms with Gasteiger partial charge in [-0.25, -0.2) is 0 Å². The molecule has 0 bridgehead atoms. The number of fused-ring (bicyclic) bond motifs is 3. The van der Waals surface area contributed by atoms with Crippen molar-refractivity contribution in [3.05, 3.63) is 93.3 Å². The lowest BCUT2D eigenvalue weighted by molar-refractivity contribution is -0.384. The van der Waals surface area contributed by atoms with Crippen LogP contribution in [0.1, 0.15) is 0 Å². The third kappa shape index (κ3) is 3.04. The number of non-ortho nitro benzene ring substituents is 2. The van der Waals surface area contributed by atoms with Crippen molar-refractivity contribution < 1.29 is 9.85 Å². The van der Waals surface area contributed by atoms with E-state index in [0.29, 0.717) is 44.3 Å². The third-order valence-corrected chi connectivity index (χ3v) is 5.09. The smallest absolute Gasteiger partial charge is 0.270 e. The van der Waals surface area contributed by atoms with E-state index < -0.39 is 9.85 Å². The molecule has 0 radical (unpaired) electrons. The summed E-state index contributed by atoms with van der Waals surface area (Å²) in [5.41, 5.74) is 3.15. The summed E-state index contributed by atoms with van der Waals surface area (Å²) < 4.78 is 0. The summed E-state index contributed by atoms with van der Waals surface area (Å²) in [6.07, 6.45) is 3.21. The molecule has 150 valence electrons. The number of H-pyrrole nitrogens is 1. The van der Waals surface area contributed by atoms with Gasteiger partial charge in [0.15, 0.2) is 0 Å². The monoisotopic (exact) mass is 411 g/mol. The molecule has 2 aromatic carbocycles. The lowest BCUT2D eigenvalue weighted by atomic mass is 10.0. The van der Waals surface area contributed by atoms with Gasteiger partial charge in [0.05, 0.1) is 32.3 Å². The molecule has 0 spiro atoms. The number of nitro benzene ring substituents is 2. The van der Waals surface area contributed by atoms with Gasteiger partial charge in [0.1, 0.15) is 0 Å². The molecule has 5 rings (SSSR count). The molecule has 9 nitrogen and oxygen atoms in total. The highest BCUT2D eigenvalue weighted by molar-refractivity contribution is 6.16. The number of nitrogens with zero attached hydrogens (tertiary/aromatic N) is 4. The van der Waals surface area contributed by atoms with Gasteiger partial charge in [-0.05, 0) is 24.3 Å². The van der Waals surface area contributed by atoms with Gasteiger partial charge in [0, 0.05) is 58.6 Å². The molecule has 0 fully saturated rings. The molecule has 0 amide bonds. The van der Waals surface area contributed by atoms with E-state index in [-0.39, 0.29) is 11.4 Å². The standard InChI is InChI=1S/C22H13N5O4/c28-26(29)13-9-15-16-10-14(27(30)31)12-18(20-6-2-4-8-24-20)22(16)25-21(15)17(11-13)19-5-1-3-7-23-19/h1-12,25H. The van der Waals surface area contributed by atoms with E-state index >= 15 is 0 Å². The first kappa shape index (κ1) is 18.4. The Morgan fingerprint density at radius 1 is 0.677 bits per heavy atom. The highest BCUT2D eigenvalue weighted by Gasteiger charge is 2.22. The number of nitro groups is 2. The van der Waals surface area contributed by atoms with Gasteiger partial charge in [-0.15, -0.1) is 0 Å². The summed E-state index contributed by atoms with van der Waals surface area (Å²) in [6.45, 7) is 0. The van der Waals surface area contributed by atoms with Gasteiger partial charge >= 0.3 is 0 Å². The average Bonchev–Trinajstić information content (AvgIpc) is 3.17. The zero-order valence-corrected chi connectivity index (χ0v) is 15.9. The normalized spacial score (nSPS) is 11.1. The first-order valence-corrected chi connectivity index (χ1v) is 9.28. The average molecular weight is 411 g/mol. The number of aromatic nitrogens is 3. The van der Waals surface area contributed by atoms with E-state index in [1.807, 2.05) is 0 Å². The molecule has 0 saturated carbocycles. The van der Waals surface area contributed by atoms with E-state index in [2.05, 4.69) is 15.0 Å². The lowest BCUT2D eigenvalue weighted by Gasteiger charge is -2.03. The van der Waals surface area contributed by atoms with Crippen molar-refractivity contribution in [2.24, 2.45) is 0 Å². The Hall–Kier alpha value is -4.66. The summed E-state index contributed by atoms with van der Waals surface area (Å²) in [6, 6.07) is 16.4. The Morgan fingerprint density at radius 2 is 1.13 bits per heavy atom. The molecule has 0 unspecified atom stereocenters. The fraction of sp³-hybridized carbons (Fsp3) is 0. The number of aromatic amines is 1. The summed E-state index contributed by atoms with van der Waals surface area (Å²) in [4.78, 5) is 34.2. The molecule has 0 aliphatic heterocycles. The minimum absolute atomic E-state index is 0.125. The van der Waals surface area contributed by atoms with Gasteiger partial charge in [-0.1, -0.05) is 12.1 Å². The number of hydrogen-bond acceptors (Lipinski definition) is 6. The number of pyridine rings is 2. The second kappa shape index (κ2) is 6.99. The highest BCUT2D eigenvalue weighted by atomic mass is 16.6. The molecule has 0 aliphatic rings. The fourth-order valence-electron chi connectivity index (χ4n) is 3.73. The summed E-state index contributed by atoms with van der Waals surface area (Å²) in [7, 11) is 0. The topological polar surface area (TPSA) is 128 Å². The Morgan fingerprint density at radius 3 is 1.48 bits per heavy atom. The van der Waals surface area contributed by atoms with Crippen molar-refractivity contribution in [1.82, 2.24) is 15.0 Å². The SMILES string of the molecule is O=[N+]([O-])c1cc(-c2ccccn2)c2[nH]c3c(-c4ccccn4)cc([N+](=O)[O-])cc3c2c1. The molecule has 0 saturated heterocycles. The van der Waals surface area contributed by atoms with Crippen molar-refractivity contribution in [2.45, 2.75) is 0 Å². The maximum absolute atomic E-state index is 11.6. The maximum Gasteiger partial charge on any atom is 0.270 e. The summed E-state index contributed by atoms with van der Waals surface area (Å²) >= 11 is 0. The number of rotatable bonds is 4. The predicted octanol–water partition coefficient (Wildman–Crippen LogP) is 5.26. The van der Waals surface area contributed by atoms with Gasteiger partial charge in [0.25, 0.3) is 11.4 Å². The van der Waals surface area contributed by atoms with Crippen LogP contribution in [0.5, 0.6) is 0 Å². The third-order valence-electron chi connectivity index (χ3n) is 5.09. The second-order valence-electron chi connectivity index (χ2n) is 6.90. The number of hydrogen-bond donors (Lipinski definition) is 1. The van der Waals surface area contributed by atoms with Crippen LogP contribution in [0.15, 0.2) is 73.1 Å². The van der Waals surface area contributed by atoms with Gasteiger partial charge in [-0.3, -0.25) is 30.2 Å². The van der Waals surface area contributed by atoms with Crippen LogP contribution < -0.4 is 0 Å². The van der Waals surface area contributed by atoms with E-state index in [1.165, 1.54) is 24.3 Å². The van der Waals surface area contributed by atoms with Crippen LogP contribution in [0.3, 0.4) is 0 Å². The number of benzene rings is 2. The molecule has 5 aromatic rings. The molecule has 1 N–H and O–H groups in total. The highest BCUT2D eigenvalue weighted by Crippen LogP contribution is 2.40. The van der Waals surface area contributed by atoms with Gasteiger partial charge < -0.3 is 4.98 Å². The van der Waals surface area contributed by atoms with Crippen LogP contribution in [0, 0.1) is 20.2 Å². The van der Waals surface area contributed by atoms with Crippen LogP contribution in [0.4, 0.5) is 11.4 Å². The van der Waals surface area contributed by atoms with Crippen LogP contribution >= 0.6 is 0 Å².